The predicted octanol–water partition coefficient (Wildman–Crippen LogP) is 6.90. The number of benzene rings is 6. The van der Waals surface area contributed by atoms with E-state index in [2.05, 4.69) is 164 Å². The van der Waals surface area contributed by atoms with Crippen LogP contribution in [0.1, 0.15) is 0 Å². The molecule has 0 fully saturated rings. The minimum absolute atomic E-state index is 0. The van der Waals surface area contributed by atoms with Crippen molar-refractivity contribution in [3.8, 4) is 0 Å². The zero-order chi connectivity index (χ0) is 26.7. The third-order valence-corrected chi connectivity index (χ3v) is 12.1. The van der Waals surface area contributed by atoms with Crippen molar-refractivity contribution in [2.75, 3.05) is 0 Å². The van der Waals surface area contributed by atoms with Crippen LogP contribution in [0.4, 0.5) is 0 Å². The van der Waals surface area contributed by atoms with Crippen LogP contribution in [0.3, 0.4) is 0 Å². The molecule has 0 unspecified atom stereocenters. The number of hydrogen-bond acceptors (Lipinski definition) is 1. The Bertz CT molecular complexity index is 1680. The van der Waals surface area contributed by atoms with Gasteiger partial charge in [0.05, 0.1) is 11.0 Å². The van der Waals surface area contributed by atoms with E-state index in [1.54, 1.807) is 0 Å². The maximum atomic E-state index is 5.55. The molecule has 7 rings (SSSR count). The Morgan fingerprint density at radius 2 is 0.659 bits per heavy atom. The van der Waals surface area contributed by atoms with Crippen molar-refractivity contribution in [2.24, 2.45) is 0 Å². The van der Waals surface area contributed by atoms with Gasteiger partial charge in [0.15, 0.2) is 0 Å². The predicted molar refractivity (Wildman–Crippen MR) is 177 cm³/mol. The van der Waals surface area contributed by atoms with Gasteiger partial charge in [-0.3, -0.25) is 0 Å². The smallest absolute Gasteiger partial charge is 0.0793 e. The number of fused-ring (bicyclic) bond motifs is 2. The van der Waals surface area contributed by atoms with Crippen LogP contribution >= 0.6 is 15.8 Å². The molecule has 6 aromatic carbocycles. The Balaban J connectivity index is 0.00000302. The summed E-state index contributed by atoms with van der Waals surface area (Å²) < 4.78 is 0. The van der Waals surface area contributed by atoms with Gasteiger partial charge >= 0.3 is 0 Å². The number of pyridine rings is 1. The van der Waals surface area contributed by atoms with Crippen LogP contribution in [0.5, 0.6) is 0 Å². The maximum absolute atomic E-state index is 5.55. The van der Waals surface area contributed by atoms with Crippen molar-refractivity contribution in [1.82, 2.24) is 4.98 Å². The van der Waals surface area contributed by atoms with Crippen molar-refractivity contribution < 1.29 is 16.5 Å². The fourth-order valence-corrected chi connectivity index (χ4v) is 10.2. The average Bonchev–Trinajstić information content (AvgIpc) is 3.03. The SMILES string of the molecule is [Ni].c1ccc(P(c2ccccc2)c2cccc3cc4cccc(P(c5ccccc5)c5ccccc5)c4nc23)cc1. The molecule has 4 heteroatoms. The average molecular weight is 606 g/mol. The molecule has 7 aromatic rings. The third kappa shape index (κ3) is 5.49. The molecule has 0 N–H and O–H groups in total. The maximum Gasteiger partial charge on any atom is 0.0793 e. The molecule has 0 aliphatic rings. The quantitative estimate of drug-likeness (QED) is 0.114. The first-order chi connectivity index (χ1) is 19.9. The van der Waals surface area contributed by atoms with E-state index < -0.39 is 15.8 Å². The van der Waals surface area contributed by atoms with Crippen molar-refractivity contribution >= 4 is 69.5 Å². The van der Waals surface area contributed by atoms with E-state index in [0.29, 0.717) is 0 Å². The van der Waals surface area contributed by atoms with E-state index in [9.17, 15) is 0 Å². The molecule has 0 aliphatic carbocycles. The van der Waals surface area contributed by atoms with Gasteiger partial charge in [0.1, 0.15) is 0 Å². The second-order valence-electron chi connectivity index (χ2n) is 9.70. The minimum atomic E-state index is -0.771. The number of nitrogens with zero attached hydrogens (tertiary/aromatic N) is 1. The van der Waals surface area contributed by atoms with Crippen LogP contribution in [-0.2, 0) is 16.5 Å². The summed E-state index contributed by atoms with van der Waals surface area (Å²) in [7, 11) is -1.54. The van der Waals surface area contributed by atoms with Crippen LogP contribution in [0, 0.1) is 0 Å². The van der Waals surface area contributed by atoms with Crippen LogP contribution in [0.2, 0.25) is 0 Å². The molecule has 41 heavy (non-hydrogen) atoms. The zero-order valence-corrected chi connectivity index (χ0v) is 25.0. The van der Waals surface area contributed by atoms with Gasteiger partial charge < -0.3 is 0 Å². The first-order valence-electron chi connectivity index (χ1n) is 13.5. The number of rotatable bonds is 6. The van der Waals surface area contributed by atoms with Crippen molar-refractivity contribution in [3.05, 3.63) is 164 Å². The number of hydrogen-bond donors (Lipinski definition) is 0. The van der Waals surface area contributed by atoms with Gasteiger partial charge in [-0.25, -0.2) is 4.98 Å². The van der Waals surface area contributed by atoms with Gasteiger partial charge in [0.2, 0.25) is 0 Å². The molecule has 0 spiro atoms. The van der Waals surface area contributed by atoms with E-state index in [-0.39, 0.29) is 16.5 Å². The van der Waals surface area contributed by atoms with Gasteiger partial charge in [-0.15, -0.1) is 0 Å². The van der Waals surface area contributed by atoms with Gasteiger partial charge in [0, 0.05) is 37.9 Å². The molecule has 1 nitrogen and oxygen atoms in total. The molecular formula is C37H27NNiP2. The van der Waals surface area contributed by atoms with Crippen LogP contribution in [0.25, 0.3) is 21.8 Å². The van der Waals surface area contributed by atoms with Crippen molar-refractivity contribution in [1.29, 1.82) is 0 Å². The van der Waals surface area contributed by atoms with Gasteiger partial charge in [-0.05, 0) is 43.1 Å². The summed E-state index contributed by atoms with van der Waals surface area (Å²) in [4.78, 5) is 5.55. The molecule has 0 saturated carbocycles. The topological polar surface area (TPSA) is 12.9 Å². The molecule has 0 bridgehead atoms. The first-order valence-corrected chi connectivity index (χ1v) is 16.2. The fourth-order valence-electron chi connectivity index (χ4n) is 5.38. The molecule has 0 atom stereocenters. The molecular weight excluding hydrogens is 579 g/mol. The summed E-state index contributed by atoms with van der Waals surface area (Å²) in [5, 5.41) is 10.3. The third-order valence-electron chi connectivity index (χ3n) is 7.17. The Hall–Kier alpha value is -3.66. The Kier molecular flexibility index (Phi) is 8.37. The standard InChI is InChI=1S/C37H27NP2.Ni/c1-5-17-30(18-6-1)39(31-19-7-2-8-20-31)34-25-13-15-28-27-29-16-14-26-35(37(29)38-36(28)34)40(32-21-9-3-10-22-32)33-23-11-4-12-24-33;/h1-27H;. The van der Waals surface area contributed by atoms with E-state index in [0.717, 1.165) is 11.0 Å². The summed E-state index contributed by atoms with van der Waals surface area (Å²) in [6.45, 7) is 0. The molecule has 0 radical (unpaired) electrons. The van der Waals surface area contributed by atoms with Gasteiger partial charge in [-0.1, -0.05) is 158 Å². The second kappa shape index (κ2) is 12.5. The van der Waals surface area contributed by atoms with Crippen LogP contribution < -0.4 is 31.8 Å². The second-order valence-corrected chi connectivity index (χ2v) is 14.1. The Labute approximate surface area is 253 Å². The van der Waals surface area contributed by atoms with E-state index in [1.165, 1.54) is 42.6 Å². The largest absolute Gasteiger partial charge is 0.246 e. The zero-order valence-electron chi connectivity index (χ0n) is 22.2. The minimum Gasteiger partial charge on any atom is -0.246 e. The summed E-state index contributed by atoms with van der Waals surface area (Å²) in [6, 6.07) is 59.3. The molecule has 1 aromatic heterocycles. The fraction of sp³-hybridized carbons (Fsp3) is 0. The van der Waals surface area contributed by atoms with E-state index >= 15 is 0 Å². The number of para-hydroxylation sites is 2. The normalized spacial score (nSPS) is 11.2. The molecule has 0 saturated heterocycles. The molecule has 200 valence electrons. The summed E-state index contributed by atoms with van der Waals surface area (Å²) in [6.07, 6.45) is 0. The van der Waals surface area contributed by atoms with Gasteiger partial charge in [-0.2, -0.15) is 0 Å². The number of aromatic nitrogens is 1. The van der Waals surface area contributed by atoms with Crippen LogP contribution in [-0.4, -0.2) is 4.98 Å². The van der Waals surface area contributed by atoms with Crippen molar-refractivity contribution in [2.45, 2.75) is 0 Å². The molecule has 1 heterocycles. The van der Waals surface area contributed by atoms with Crippen LogP contribution in [0.15, 0.2) is 164 Å². The van der Waals surface area contributed by atoms with Crippen molar-refractivity contribution in [3.63, 3.8) is 0 Å². The summed E-state index contributed by atoms with van der Waals surface area (Å²) >= 11 is 0. The summed E-state index contributed by atoms with van der Waals surface area (Å²) in [5.41, 5.74) is 2.19. The monoisotopic (exact) mass is 605 g/mol. The summed E-state index contributed by atoms with van der Waals surface area (Å²) in [5.74, 6) is 0. The van der Waals surface area contributed by atoms with E-state index in [1.807, 2.05) is 0 Å². The Morgan fingerprint density at radius 1 is 0.341 bits per heavy atom. The Morgan fingerprint density at radius 3 is 0.976 bits per heavy atom. The first kappa shape index (κ1) is 27.5. The van der Waals surface area contributed by atoms with Gasteiger partial charge in [0.25, 0.3) is 0 Å². The molecule has 0 amide bonds. The van der Waals surface area contributed by atoms with E-state index in [4.69, 9.17) is 4.98 Å². The molecule has 0 aliphatic heterocycles.